The van der Waals surface area contributed by atoms with Crippen LogP contribution in [0.4, 0.5) is 0 Å². The Morgan fingerprint density at radius 3 is 1.31 bits per heavy atom. The number of hydrogen-bond acceptors (Lipinski definition) is 6. The lowest BCUT2D eigenvalue weighted by Crippen LogP contribution is -2.64. The quantitative estimate of drug-likeness (QED) is 0.301. The van der Waals surface area contributed by atoms with Crippen molar-refractivity contribution < 1.29 is 30.3 Å². The van der Waals surface area contributed by atoms with Gasteiger partial charge in [-0.2, -0.15) is 0 Å². The number of ether oxygens (including phenoxy) is 1. The second kappa shape index (κ2) is 3.87. The van der Waals surface area contributed by atoms with Crippen LogP contribution in [0.15, 0.2) is 0 Å². The lowest BCUT2D eigenvalue weighted by Gasteiger charge is -2.40. The van der Waals surface area contributed by atoms with Gasteiger partial charge in [-0.05, 0) is 0 Å². The van der Waals surface area contributed by atoms with Crippen LogP contribution in [0, 0.1) is 0 Å². The molecule has 0 amide bonds. The Kier molecular flexibility index (Phi) is 3.23. The summed E-state index contributed by atoms with van der Waals surface area (Å²) in [4.78, 5) is 0. The standard InChI is InChI=1S/C7H14O6/c1-13-7-5(11)3(9)2(8)4(10)6(7)12/h2-12H,1H3/t2?,3-,4+,5-,6?,7?/m1/s1. The van der Waals surface area contributed by atoms with Crippen LogP contribution in [0.2, 0.25) is 0 Å². The summed E-state index contributed by atoms with van der Waals surface area (Å²) >= 11 is 0. The van der Waals surface area contributed by atoms with Crippen molar-refractivity contribution >= 4 is 0 Å². The lowest BCUT2D eigenvalue weighted by molar-refractivity contribution is -0.229. The molecule has 6 nitrogen and oxygen atoms in total. The molecular formula is C7H14O6. The Labute approximate surface area is 75.0 Å². The van der Waals surface area contributed by atoms with E-state index >= 15 is 0 Å². The van der Waals surface area contributed by atoms with Crippen molar-refractivity contribution in [2.75, 3.05) is 7.11 Å². The second-order valence-electron chi connectivity index (χ2n) is 3.15. The van der Waals surface area contributed by atoms with E-state index in [1.165, 1.54) is 7.11 Å². The number of hydrogen-bond donors (Lipinski definition) is 5. The van der Waals surface area contributed by atoms with Gasteiger partial charge in [0.05, 0.1) is 0 Å². The molecule has 0 aromatic rings. The second-order valence-corrected chi connectivity index (χ2v) is 3.15. The molecule has 6 atom stereocenters. The van der Waals surface area contributed by atoms with Crippen LogP contribution in [0.25, 0.3) is 0 Å². The first kappa shape index (κ1) is 10.8. The predicted molar refractivity (Wildman–Crippen MR) is 40.8 cm³/mol. The first-order chi connectivity index (χ1) is 6.00. The van der Waals surface area contributed by atoms with Crippen molar-refractivity contribution in [1.29, 1.82) is 0 Å². The highest BCUT2D eigenvalue weighted by Gasteiger charge is 2.48. The van der Waals surface area contributed by atoms with Gasteiger partial charge in [-0.1, -0.05) is 0 Å². The van der Waals surface area contributed by atoms with Crippen LogP contribution >= 0.6 is 0 Å². The summed E-state index contributed by atoms with van der Waals surface area (Å²) in [5.41, 5.74) is 0. The molecule has 1 rings (SSSR count). The molecule has 0 aliphatic heterocycles. The van der Waals surface area contributed by atoms with Crippen molar-refractivity contribution in [2.24, 2.45) is 0 Å². The van der Waals surface area contributed by atoms with E-state index in [4.69, 9.17) is 5.11 Å². The van der Waals surface area contributed by atoms with Crippen LogP contribution in [0.5, 0.6) is 0 Å². The summed E-state index contributed by atoms with van der Waals surface area (Å²) in [5.74, 6) is 0. The highest BCUT2D eigenvalue weighted by Crippen LogP contribution is 2.23. The fourth-order valence-electron chi connectivity index (χ4n) is 1.48. The van der Waals surface area contributed by atoms with E-state index in [9.17, 15) is 20.4 Å². The highest BCUT2D eigenvalue weighted by molar-refractivity contribution is 4.99. The minimum atomic E-state index is -1.56. The van der Waals surface area contributed by atoms with Gasteiger partial charge in [0.25, 0.3) is 0 Å². The molecule has 0 radical (unpaired) electrons. The monoisotopic (exact) mass is 194 g/mol. The summed E-state index contributed by atoms with van der Waals surface area (Å²) in [6.45, 7) is 0. The normalized spacial score (nSPS) is 52.2. The van der Waals surface area contributed by atoms with Crippen molar-refractivity contribution in [1.82, 2.24) is 0 Å². The summed E-state index contributed by atoms with van der Waals surface area (Å²) < 4.78 is 4.67. The van der Waals surface area contributed by atoms with Crippen molar-refractivity contribution in [3.63, 3.8) is 0 Å². The topological polar surface area (TPSA) is 110 Å². The zero-order valence-electron chi connectivity index (χ0n) is 7.11. The molecule has 3 unspecified atom stereocenters. The molecule has 1 aliphatic carbocycles. The van der Waals surface area contributed by atoms with Gasteiger partial charge in [-0.15, -0.1) is 0 Å². The average Bonchev–Trinajstić information content (AvgIpc) is 2.13. The Bertz CT molecular complexity index is 158. The first-order valence-corrected chi connectivity index (χ1v) is 3.93. The zero-order valence-corrected chi connectivity index (χ0v) is 7.11. The van der Waals surface area contributed by atoms with Crippen molar-refractivity contribution in [2.45, 2.75) is 36.6 Å². The Hall–Kier alpha value is -0.240. The molecule has 78 valence electrons. The van der Waals surface area contributed by atoms with Gasteiger partial charge in [-0.3, -0.25) is 0 Å². The van der Waals surface area contributed by atoms with Gasteiger partial charge in [0.1, 0.15) is 36.6 Å². The van der Waals surface area contributed by atoms with Crippen LogP contribution in [-0.4, -0.2) is 69.3 Å². The minimum absolute atomic E-state index is 1.09. The summed E-state index contributed by atoms with van der Waals surface area (Å²) in [5, 5.41) is 46.1. The number of methoxy groups -OCH3 is 1. The Morgan fingerprint density at radius 2 is 1.00 bits per heavy atom. The van der Waals surface area contributed by atoms with Crippen molar-refractivity contribution in [3.05, 3.63) is 0 Å². The molecule has 5 N–H and O–H groups in total. The van der Waals surface area contributed by atoms with Gasteiger partial charge in [0.2, 0.25) is 0 Å². The molecule has 6 heteroatoms. The van der Waals surface area contributed by atoms with Gasteiger partial charge < -0.3 is 30.3 Å². The lowest BCUT2D eigenvalue weighted by atomic mass is 9.85. The molecule has 1 aliphatic rings. The molecule has 0 bridgehead atoms. The van der Waals surface area contributed by atoms with E-state index in [0.717, 1.165) is 0 Å². The maximum atomic E-state index is 9.29. The molecular weight excluding hydrogens is 180 g/mol. The fourth-order valence-corrected chi connectivity index (χ4v) is 1.48. The van der Waals surface area contributed by atoms with Crippen LogP contribution in [0.1, 0.15) is 0 Å². The third-order valence-electron chi connectivity index (χ3n) is 2.35. The maximum absolute atomic E-state index is 9.29. The molecule has 13 heavy (non-hydrogen) atoms. The molecule has 1 fully saturated rings. The summed E-state index contributed by atoms with van der Waals surface area (Å²) in [7, 11) is 1.23. The zero-order chi connectivity index (χ0) is 10.2. The van der Waals surface area contributed by atoms with Crippen LogP contribution < -0.4 is 0 Å². The van der Waals surface area contributed by atoms with E-state index < -0.39 is 36.6 Å². The van der Waals surface area contributed by atoms with Gasteiger partial charge in [0.15, 0.2) is 0 Å². The largest absolute Gasteiger partial charge is 0.387 e. The minimum Gasteiger partial charge on any atom is -0.387 e. The molecule has 0 spiro atoms. The average molecular weight is 194 g/mol. The molecule has 1 saturated carbocycles. The number of rotatable bonds is 1. The van der Waals surface area contributed by atoms with E-state index in [2.05, 4.69) is 4.74 Å². The van der Waals surface area contributed by atoms with Gasteiger partial charge >= 0.3 is 0 Å². The third kappa shape index (κ3) is 1.69. The Morgan fingerprint density at radius 1 is 0.692 bits per heavy atom. The molecule has 0 aromatic carbocycles. The molecule has 0 aromatic heterocycles. The smallest absolute Gasteiger partial charge is 0.114 e. The number of aliphatic hydroxyl groups is 5. The van der Waals surface area contributed by atoms with E-state index in [0.29, 0.717) is 0 Å². The Balaban J connectivity index is 2.79. The van der Waals surface area contributed by atoms with Gasteiger partial charge in [0, 0.05) is 7.11 Å². The molecule has 0 saturated heterocycles. The summed E-state index contributed by atoms with van der Waals surface area (Å²) in [6, 6.07) is 0. The van der Waals surface area contributed by atoms with Crippen LogP contribution in [-0.2, 0) is 4.74 Å². The predicted octanol–water partition coefficient (Wildman–Crippen LogP) is -3.18. The number of aliphatic hydroxyl groups excluding tert-OH is 5. The SMILES string of the molecule is COC1C(O)[C@@H](O)C(O)[C@@H](O)[C@H]1O. The third-order valence-corrected chi connectivity index (χ3v) is 2.35. The van der Waals surface area contributed by atoms with E-state index in [1.54, 1.807) is 0 Å². The van der Waals surface area contributed by atoms with Crippen LogP contribution in [0.3, 0.4) is 0 Å². The molecule has 0 heterocycles. The summed E-state index contributed by atoms with van der Waals surface area (Å²) in [6.07, 6.45) is -8.48. The highest BCUT2D eigenvalue weighted by atomic mass is 16.5. The van der Waals surface area contributed by atoms with E-state index in [1.807, 2.05) is 0 Å². The van der Waals surface area contributed by atoms with Gasteiger partial charge in [-0.25, -0.2) is 0 Å². The maximum Gasteiger partial charge on any atom is 0.114 e. The van der Waals surface area contributed by atoms with Crippen molar-refractivity contribution in [3.8, 4) is 0 Å². The van der Waals surface area contributed by atoms with E-state index in [-0.39, 0.29) is 0 Å². The first-order valence-electron chi connectivity index (χ1n) is 3.93. The fraction of sp³-hybridized carbons (Fsp3) is 1.00.